The first-order valence-corrected chi connectivity index (χ1v) is 5.95. The van der Waals surface area contributed by atoms with Gasteiger partial charge in [0.15, 0.2) is 0 Å². The summed E-state index contributed by atoms with van der Waals surface area (Å²) in [6.07, 6.45) is -0.529. The quantitative estimate of drug-likeness (QED) is 0.846. The number of fused-ring (bicyclic) bond motifs is 1. The molecule has 1 aromatic heterocycles. The largest absolute Gasteiger partial charge is 0.443 e. The molecule has 2 heterocycles. The molecule has 1 aliphatic rings. The van der Waals surface area contributed by atoms with Crippen LogP contribution in [0.15, 0.2) is 24.3 Å². The molecule has 0 bridgehead atoms. The number of ether oxygens (including phenoxy) is 1. The molecule has 0 aliphatic carbocycles. The van der Waals surface area contributed by atoms with Crippen molar-refractivity contribution in [1.29, 1.82) is 0 Å². The number of carbonyl (C=O) groups excluding carboxylic acids is 1. The first kappa shape index (κ1) is 11.1. The van der Waals surface area contributed by atoms with Crippen LogP contribution in [0.1, 0.15) is 5.69 Å². The zero-order valence-corrected chi connectivity index (χ0v) is 10.1. The monoisotopic (exact) mass is 245 g/mol. The van der Waals surface area contributed by atoms with Crippen LogP contribution >= 0.6 is 0 Å². The highest BCUT2D eigenvalue weighted by Crippen LogP contribution is 2.26. The molecular weight excluding hydrogens is 230 g/mol. The molecule has 5 heteroatoms. The molecule has 2 aromatic rings. The van der Waals surface area contributed by atoms with Gasteiger partial charge in [0.25, 0.3) is 0 Å². The molecule has 1 unspecified atom stereocenters. The fourth-order valence-electron chi connectivity index (χ4n) is 2.29. The Morgan fingerprint density at radius 1 is 1.50 bits per heavy atom. The Hall–Kier alpha value is -2.01. The molecule has 1 aromatic carbocycles. The second-order valence-electron chi connectivity index (χ2n) is 4.58. The van der Waals surface area contributed by atoms with Crippen LogP contribution in [0.2, 0.25) is 0 Å². The Morgan fingerprint density at radius 2 is 2.33 bits per heavy atom. The summed E-state index contributed by atoms with van der Waals surface area (Å²) in [5.74, 6) is 0. The number of amides is 1. The van der Waals surface area contributed by atoms with Gasteiger partial charge in [-0.05, 0) is 31.2 Å². The van der Waals surface area contributed by atoms with Crippen molar-refractivity contribution < 1.29 is 9.53 Å². The van der Waals surface area contributed by atoms with Gasteiger partial charge in [-0.3, -0.25) is 4.90 Å². The SMILES string of the molecule is Cc1cc2cc(N3CC(CN)OC3=O)ccc2[nH]1. The van der Waals surface area contributed by atoms with Crippen LogP contribution in [-0.4, -0.2) is 30.3 Å². The number of cyclic esters (lactones) is 1. The van der Waals surface area contributed by atoms with Crippen molar-refractivity contribution >= 4 is 22.7 Å². The molecule has 1 fully saturated rings. The number of nitrogens with two attached hydrogens (primary N) is 1. The Balaban J connectivity index is 1.96. The highest BCUT2D eigenvalue weighted by molar-refractivity contribution is 5.93. The average molecular weight is 245 g/mol. The topological polar surface area (TPSA) is 71.3 Å². The molecule has 0 saturated carbocycles. The second kappa shape index (κ2) is 4.03. The molecule has 1 amide bonds. The molecule has 0 spiro atoms. The Labute approximate surface area is 105 Å². The molecule has 3 rings (SSSR count). The van der Waals surface area contributed by atoms with Gasteiger partial charge in [-0.1, -0.05) is 0 Å². The minimum Gasteiger partial charge on any atom is -0.443 e. The molecule has 3 N–H and O–H groups in total. The van der Waals surface area contributed by atoms with E-state index in [4.69, 9.17) is 10.5 Å². The van der Waals surface area contributed by atoms with E-state index in [2.05, 4.69) is 11.1 Å². The molecule has 94 valence electrons. The maximum atomic E-state index is 11.7. The van der Waals surface area contributed by atoms with Crippen LogP contribution in [0.4, 0.5) is 10.5 Å². The summed E-state index contributed by atoms with van der Waals surface area (Å²) >= 11 is 0. The fourth-order valence-corrected chi connectivity index (χ4v) is 2.29. The minimum absolute atomic E-state index is 0.207. The van der Waals surface area contributed by atoms with Crippen LogP contribution in [0.3, 0.4) is 0 Å². The number of hydrogen-bond acceptors (Lipinski definition) is 3. The summed E-state index contributed by atoms with van der Waals surface area (Å²) < 4.78 is 5.15. The van der Waals surface area contributed by atoms with Gasteiger partial charge < -0.3 is 15.5 Å². The van der Waals surface area contributed by atoms with Crippen molar-refractivity contribution in [3.05, 3.63) is 30.0 Å². The highest BCUT2D eigenvalue weighted by Gasteiger charge is 2.31. The molecular formula is C13H15N3O2. The lowest BCUT2D eigenvalue weighted by Gasteiger charge is -2.12. The van der Waals surface area contributed by atoms with Crippen LogP contribution in [0, 0.1) is 6.92 Å². The number of anilines is 1. The molecule has 5 nitrogen and oxygen atoms in total. The van der Waals surface area contributed by atoms with Gasteiger partial charge in [0, 0.05) is 28.8 Å². The number of aryl methyl sites for hydroxylation is 1. The van der Waals surface area contributed by atoms with Crippen molar-refractivity contribution in [3.8, 4) is 0 Å². The summed E-state index contributed by atoms with van der Waals surface area (Å²) in [5, 5.41) is 1.09. The molecule has 1 atom stereocenters. The lowest BCUT2D eigenvalue weighted by atomic mass is 10.2. The normalized spacial score (nSPS) is 19.6. The number of H-pyrrole nitrogens is 1. The Kier molecular flexibility index (Phi) is 2.48. The third kappa shape index (κ3) is 1.73. The van der Waals surface area contributed by atoms with E-state index in [0.717, 1.165) is 22.3 Å². The van der Waals surface area contributed by atoms with Crippen LogP contribution in [0.25, 0.3) is 10.9 Å². The lowest BCUT2D eigenvalue weighted by molar-refractivity contribution is 0.145. The van der Waals surface area contributed by atoms with Gasteiger partial charge in [-0.25, -0.2) is 4.79 Å². The first-order valence-electron chi connectivity index (χ1n) is 5.95. The second-order valence-corrected chi connectivity index (χ2v) is 4.58. The van der Waals surface area contributed by atoms with E-state index in [1.807, 2.05) is 25.1 Å². The number of rotatable bonds is 2. The molecule has 18 heavy (non-hydrogen) atoms. The number of aromatic nitrogens is 1. The van der Waals surface area contributed by atoms with E-state index < -0.39 is 0 Å². The van der Waals surface area contributed by atoms with Crippen molar-refractivity contribution in [2.45, 2.75) is 13.0 Å². The number of nitrogens with zero attached hydrogens (tertiary/aromatic N) is 1. The van der Waals surface area contributed by atoms with E-state index in [1.165, 1.54) is 0 Å². The van der Waals surface area contributed by atoms with E-state index in [0.29, 0.717) is 13.1 Å². The van der Waals surface area contributed by atoms with Crippen LogP contribution < -0.4 is 10.6 Å². The van der Waals surface area contributed by atoms with Gasteiger partial charge in [-0.15, -0.1) is 0 Å². The van der Waals surface area contributed by atoms with Crippen molar-refractivity contribution in [2.75, 3.05) is 18.0 Å². The van der Waals surface area contributed by atoms with E-state index in [9.17, 15) is 4.79 Å². The van der Waals surface area contributed by atoms with E-state index in [-0.39, 0.29) is 12.2 Å². The van der Waals surface area contributed by atoms with Gasteiger partial charge in [0.05, 0.1) is 6.54 Å². The lowest BCUT2D eigenvalue weighted by Crippen LogP contribution is -2.27. The number of nitrogens with one attached hydrogen (secondary N) is 1. The zero-order valence-electron chi connectivity index (χ0n) is 10.1. The first-order chi connectivity index (χ1) is 8.67. The Bertz CT molecular complexity index is 605. The number of benzene rings is 1. The highest BCUT2D eigenvalue weighted by atomic mass is 16.6. The fraction of sp³-hybridized carbons (Fsp3) is 0.308. The van der Waals surface area contributed by atoms with Crippen molar-refractivity contribution in [1.82, 2.24) is 4.98 Å². The third-order valence-electron chi connectivity index (χ3n) is 3.19. The number of aromatic amines is 1. The smallest absolute Gasteiger partial charge is 0.414 e. The molecule has 0 radical (unpaired) electrons. The summed E-state index contributed by atoms with van der Waals surface area (Å²) in [6.45, 7) is 2.88. The molecule has 1 aliphatic heterocycles. The summed E-state index contributed by atoms with van der Waals surface area (Å²) in [6, 6.07) is 7.93. The van der Waals surface area contributed by atoms with Crippen molar-refractivity contribution in [3.63, 3.8) is 0 Å². The van der Waals surface area contributed by atoms with Gasteiger partial charge in [-0.2, -0.15) is 0 Å². The van der Waals surface area contributed by atoms with Gasteiger partial charge in [0.1, 0.15) is 6.10 Å². The predicted octanol–water partition coefficient (Wildman–Crippen LogP) is 1.76. The van der Waals surface area contributed by atoms with E-state index >= 15 is 0 Å². The average Bonchev–Trinajstić information content (AvgIpc) is 2.89. The number of hydrogen-bond donors (Lipinski definition) is 2. The standard InChI is InChI=1S/C13H15N3O2/c1-8-4-9-5-10(2-3-12(9)15-8)16-7-11(6-14)18-13(16)17/h2-5,11,15H,6-7,14H2,1H3. The summed E-state index contributed by atoms with van der Waals surface area (Å²) in [5.41, 5.74) is 8.54. The Morgan fingerprint density at radius 3 is 3.06 bits per heavy atom. The van der Waals surface area contributed by atoms with Gasteiger partial charge in [0.2, 0.25) is 0 Å². The van der Waals surface area contributed by atoms with Crippen LogP contribution in [-0.2, 0) is 4.74 Å². The zero-order chi connectivity index (χ0) is 12.7. The minimum atomic E-state index is -0.322. The van der Waals surface area contributed by atoms with Gasteiger partial charge >= 0.3 is 6.09 Å². The maximum absolute atomic E-state index is 11.7. The predicted molar refractivity (Wildman–Crippen MR) is 69.7 cm³/mol. The molecule has 1 saturated heterocycles. The third-order valence-corrected chi connectivity index (χ3v) is 3.19. The summed E-state index contributed by atoms with van der Waals surface area (Å²) in [7, 11) is 0. The van der Waals surface area contributed by atoms with E-state index in [1.54, 1.807) is 4.90 Å². The summed E-state index contributed by atoms with van der Waals surface area (Å²) in [4.78, 5) is 16.6. The van der Waals surface area contributed by atoms with Crippen LogP contribution in [0.5, 0.6) is 0 Å². The number of carbonyl (C=O) groups is 1. The maximum Gasteiger partial charge on any atom is 0.414 e. The van der Waals surface area contributed by atoms with Crippen molar-refractivity contribution in [2.24, 2.45) is 5.73 Å².